The van der Waals surface area contributed by atoms with E-state index in [0.29, 0.717) is 0 Å². The summed E-state index contributed by atoms with van der Waals surface area (Å²) in [5.41, 5.74) is 1.84. The van der Waals surface area contributed by atoms with Crippen LogP contribution in [-0.4, -0.2) is 19.1 Å². The molecule has 0 radical (unpaired) electrons. The molecule has 0 fully saturated rings. The molecule has 0 saturated heterocycles. The second-order valence-corrected chi connectivity index (χ2v) is 1.55. The van der Waals surface area contributed by atoms with Gasteiger partial charge < -0.3 is 4.84 Å². The van der Waals surface area contributed by atoms with E-state index in [9.17, 15) is 13.2 Å². The molecule has 10 heavy (non-hydrogen) atoms. The van der Waals surface area contributed by atoms with E-state index in [1.54, 1.807) is 0 Å². The minimum Gasteiger partial charge on any atom is -0.383 e. The Kier molecular flexibility index (Phi) is 3.66. The zero-order chi connectivity index (χ0) is 8.20. The number of nitrogens with one attached hydrogen (secondary N) is 1. The van der Waals surface area contributed by atoms with Crippen LogP contribution in [-0.2, 0) is 4.84 Å². The lowest BCUT2D eigenvalue weighted by Gasteiger charge is -2.07. The summed E-state index contributed by atoms with van der Waals surface area (Å²) in [5.74, 6) is -1.37. The van der Waals surface area contributed by atoms with Crippen molar-refractivity contribution in [2.24, 2.45) is 4.02 Å². The molecular weight excluding hydrogens is 217 g/mol. The Morgan fingerprint density at radius 3 is 2.20 bits per heavy atom. The first-order valence-corrected chi connectivity index (χ1v) is 2.83. The Balaban J connectivity index is 4.10. The molecule has 0 bridgehead atoms. The molecular formula is C3H4BrF3N2O. The van der Waals surface area contributed by atoms with E-state index in [4.69, 9.17) is 0 Å². The third-order valence-corrected chi connectivity index (χ3v) is 0.840. The van der Waals surface area contributed by atoms with Crippen LogP contribution in [0, 0.1) is 0 Å². The van der Waals surface area contributed by atoms with Gasteiger partial charge in [0.05, 0.1) is 16.1 Å². The average molecular weight is 221 g/mol. The molecule has 0 rings (SSSR count). The molecule has 0 aromatic heterocycles. The van der Waals surface area contributed by atoms with Gasteiger partial charge in [-0.15, -0.1) is 0 Å². The molecule has 0 heterocycles. The third kappa shape index (κ3) is 3.02. The summed E-state index contributed by atoms with van der Waals surface area (Å²) in [6.07, 6.45) is -4.56. The number of nitrogens with zero attached hydrogens (tertiary/aromatic N) is 1. The molecule has 0 spiro atoms. The first-order valence-electron chi connectivity index (χ1n) is 2.12. The highest BCUT2D eigenvalue weighted by Gasteiger charge is 2.38. The van der Waals surface area contributed by atoms with Crippen molar-refractivity contribution in [3.8, 4) is 0 Å². The van der Waals surface area contributed by atoms with Gasteiger partial charge in [-0.25, -0.2) is 0 Å². The van der Waals surface area contributed by atoms with E-state index in [1.807, 2.05) is 5.48 Å². The SMILES string of the molecule is CNOC(=NBr)C(F)(F)F. The number of halogens is 4. The summed E-state index contributed by atoms with van der Waals surface area (Å²) in [6, 6.07) is 0. The zero-order valence-corrected chi connectivity index (χ0v) is 6.45. The molecule has 3 nitrogen and oxygen atoms in total. The molecule has 0 aromatic rings. The van der Waals surface area contributed by atoms with Gasteiger partial charge in [-0.05, 0) is 0 Å². The highest BCUT2D eigenvalue weighted by Crippen LogP contribution is 2.18. The molecule has 0 saturated carbocycles. The highest BCUT2D eigenvalue weighted by molar-refractivity contribution is 9.08. The van der Waals surface area contributed by atoms with Crippen molar-refractivity contribution >= 4 is 22.0 Å². The van der Waals surface area contributed by atoms with Gasteiger partial charge in [-0.3, -0.25) is 0 Å². The number of hydrogen-bond donors (Lipinski definition) is 1. The van der Waals surface area contributed by atoms with Crippen LogP contribution in [0.15, 0.2) is 4.02 Å². The van der Waals surface area contributed by atoms with E-state index in [-0.39, 0.29) is 0 Å². The Bertz CT molecular complexity index is 134. The maximum atomic E-state index is 11.6. The smallest absolute Gasteiger partial charge is 0.383 e. The molecule has 0 atom stereocenters. The fourth-order valence-corrected chi connectivity index (χ4v) is 0.493. The molecule has 0 amide bonds. The van der Waals surface area contributed by atoms with Gasteiger partial charge in [0, 0.05) is 7.05 Å². The summed E-state index contributed by atoms with van der Waals surface area (Å²) in [7, 11) is 1.20. The fraction of sp³-hybridized carbons (Fsp3) is 0.667. The predicted molar refractivity (Wildman–Crippen MR) is 32.6 cm³/mol. The monoisotopic (exact) mass is 220 g/mol. The quantitative estimate of drug-likeness (QED) is 0.412. The van der Waals surface area contributed by atoms with Crippen molar-refractivity contribution < 1.29 is 18.0 Å². The lowest BCUT2D eigenvalue weighted by Crippen LogP contribution is -2.29. The zero-order valence-electron chi connectivity index (χ0n) is 4.87. The summed E-state index contributed by atoms with van der Waals surface area (Å²) >= 11 is 2.26. The van der Waals surface area contributed by atoms with Crippen LogP contribution in [0.4, 0.5) is 13.2 Å². The highest BCUT2D eigenvalue weighted by atomic mass is 79.9. The third-order valence-electron chi connectivity index (χ3n) is 0.518. The van der Waals surface area contributed by atoms with Gasteiger partial charge in [0.15, 0.2) is 0 Å². The van der Waals surface area contributed by atoms with Gasteiger partial charge in [-0.1, -0.05) is 0 Å². The van der Waals surface area contributed by atoms with Crippen LogP contribution in [0.3, 0.4) is 0 Å². The number of hydroxylamine groups is 1. The topological polar surface area (TPSA) is 33.6 Å². The van der Waals surface area contributed by atoms with E-state index in [1.165, 1.54) is 7.05 Å². The number of hydrogen-bond acceptors (Lipinski definition) is 3. The van der Waals surface area contributed by atoms with Gasteiger partial charge in [0.1, 0.15) is 0 Å². The molecule has 0 aliphatic rings. The summed E-state index contributed by atoms with van der Waals surface area (Å²) in [4.78, 5) is 3.88. The van der Waals surface area contributed by atoms with Crippen LogP contribution >= 0.6 is 16.1 Å². The molecule has 1 N–H and O–H groups in total. The minimum atomic E-state index is -4.56. The van der Waals surface area contributed by atoms with Crippen molar-refractivity contribution in [1.29, 1.82) is 0 Å². The molecule has 0 unspecified atom stereocenters. The molecule has 7 heteroatoms. The second-order valence-electron chi connectivity index (χ2n) is 1.19. The van der Waals surface area contributed by atoms with E-state index in [0.717, 1.165) is 0 Å². The predicted octanol–water partition coefficient (Wildman–Crippen LogP) is 1.41. The normalized spacial score (nSPS) is 13.5. The van der Waals surface area contributed by atoms with Crippen LogP contribution in [0.2, 0.25) is 0 Å². The molecule has 0 aliphatic heterocycles. The van der Waals surface area contributed by atoms with Crippen molar-refractivity contribution in [3.63, 3.8) is 0 Å². The maximum absolute atomic E-state index is 11.6. The first-order chi connectivity index (χ1) is 4.52. The maximum Gasteiger partial charge on any atom is 0.471 e. The fourth-order valence-electron chi connectivity index (χ4n) is 0.220. The van der Waals surface area contributed by atoms with Crippen molar-refractivity contribution in [2.45, 2.75) is 6.18 Å². The lowest BCUT2D eigenvalue weighted by atomic mass is 10.7. The van der Waals surface area contributed by atoms with Crippen molar-refractivity contribution in [2.75, 3.05) is 7.05 Å². The van der Waals surface area contributed by atoms with E-state index in [2.05, 4.69) is 25.0 Å². The van der Waals surface area contributed by atoms with Crippen molar-refractivity contribution in [1.82, 2.24) is 5.48 Å². The van der Waals surface area contributed by atoms with Crippen LogP contribution < -0.4 is 5.48 Å². The molecule has 0 aromatic carbocycles. The van der Waals surface area contributed by atoms with Gasteiger partial charge in [0.25, 0.3) is 0 Å². The van der Waals surface area contributed by atoms with Gasteiger partial charge >= 0.3 is 12.1 Å². The average Bonchev–Trinajstić information content (AvgIpc) is 1.80. The van der Waals surface area contributed by atoms with Crippen molar-refractivity contribution in [3.05, 3.63) is 0 Å². The minimum absolute atomic E-state index is 1.20. The van der Waals surface area contributed by atoms with E-state index < -0.39 is 12.1 Å². The van der Waals surface area contributed by atoms with Crippen LogP contribution in [0.5, 0.6) is 0 Å². The first kappa shape index (κ1) is 9.70. The largest absolute Gasteiger partial charge is 0.471 e. The van der Waals surface area contributed by atoms with Gasteiger partial charge in [0.2, 0.25) is 0 Å². The standard InChI is InChI=1S/C3H4BrF3N2O/c1-8-10-2(9-4)3(5,6)7/h8H,1H3. The lowest BCUT2D eigenvalue weighted by molar-refractivity contribution is -0.0832. The number of rotatable bonds is 1. The summed E-state index contributed by atoms with van der Waals surface area (Å²) < 4.78 is 37.4. The molecule has 60 valence electrons. The Labute approximate surface area is 63.6 Å². The Morgan fingerprint density at radius 1 is 1.60 bits per heavy atom. The summed E-state index contributed by atoms with van der Waals surface area (Å²) in [6.45, 7) is 0. The number of alkyl halides is 3. The Hall–Kier alpha value is -0.300. The van der Waals surface area contributed by atoms with Gasteiger partial charge in [-0.2, -0.15) is 22.7 Å². The van der Waals surface area contributed by atoms with Crippen LogP contribution in [0.25, 0.3) is 0 Å². The second kappa shape index (κ2) is 3.77. The molecule has 0 aliphatic carbocycles. The summed E-state index contributed by atoms with van der Waals surface area (Å²) in [5, 5.41) is 0. The Morgan fingerprint density at radius 2 is 2.10 bits per heavy atom. The van der Waals surface area contributed by atoms with E-state index >= 15 is 0 Å². The van der Waals surface area contributed by atoms with Crippen LogP contribution in [0.1, 0.15) is 0 Å².